The van der Waals surface area contributed by atoms with E-state index in [2.05, 4.69) is 15.1 Å². The van der Waals surface area contributed by atoms with Crippen LogP contribution in [0, 0.1) is 13.8 Å². The Kier molecular flexibility index (Phi) is 5.88. The van der Waals surface area contributed by atoms with Crippen molar-refractivity contribution in [1.29, 1.82) is 0 Å². The lowest BCUT2D eigenvalue weighted by Crippen LogP contribution is -2.15. The van der Waals surface area contributed by atoms with Crippen LogP contribution in [-0.2, 0) is 17.1 Å². The van der Waals surface area contributed by atoms with Crippen molar-refractivity contribution in [1.82, 2.24) is 9.78 Å². The van der Waals surface area contributed by atoms with Crippen LogP contribution in [0.5, 0.6) is 0 Å². The van der Waals surface area contributed by atoms with E-state index in [1.54, 1.807) is 12.1 Å². The summed E-state index contributed by atoms with van der Waals surface area (Å²) in [6.45, 7) is 3.71. The second-order valence-corrected chi connectivity index (χ2v) is 8.47. The summed E-state index contributed by atoms with van der Waals surface area (Å²) in [6, 6.07) is 10.5. The maximum absolute atomic E-state index is 13.0. The zero-order valence-corrected chi connectivity index (χ0v) is 17.3. The third-order valence-electron chi connectivity index (χ3n) is 4.50. The van der Waals surface area contributed by atoms with Crippen molar-refractivity contribution in [2.45, 2.75) is 25.2 Å². The number of anilines is 2. The highest BCUT2D eigenvalue weighted by molar-refractivity contribution is 7.92. The van der Waals surface area contributed by atoms with Gasteiger partial charge in [0.15, 0.2) is 5.69 Å². The number of benzene rings is 2. The molecule has 0 aliphatic heterocycles. The van der Waals surface area contributed by atoms with Crippen molar-refractivity contribution in [3.05, 3.63) is 71.0 Å². The third-order valence-corrected chi connectivity index (χ3v) is 5.88. The Morgan fingerprint density at radius 3 is 2.33 bits per heavy atom. The lowest BCUT2D eigenvalue weighted by atomic mass is 10.1. The van der Waals surface area contributed by atoms with Gasteiger partial charge in [0.05, 0.1) is 10.6 Å². The average Bonchev–Trinajstić information content (AvgIpc) is 3.04. The molecule has 1 amide bonds. The number of halogens is 2. The molecule has 0 fully saturated rings. The summed E-state index contributed by atoms with van der Waals surface area (Å²) < 4.78 is 54.7. The summed E-state index contributed by atoms with van der Waals surface area (Å²) >= 11 is 0. The Bertz CT molecular complexity index is 1190. The van der Waals surface area contributed by atoms with Gasteiger partial charge in [-0.25, -0.2) is 17.2 Å². The smallest absolute Gasteiger partial charge is 0.284 e. The zero-order chi connectivity index (χ0) is 22.1. The van der Waals surface area contributed by atoms with Gasteiger partial charge >= 0.3 is 0 Å². The van der Waals surface area contributed by atoms with Gasteiger partial charge in [0.25, 0.3) is 22.4 Å². The lowest BCUT2D eigenvalue weighted by molar-refractivity contribution is 0.102. The van der Waals surface area contributed by atoms with E-state index in [9.17, 15) is 22.0 Å². The molecule has 0 unspecified atom stereocenters. The van der Waals surface area contributed by atoms with Crippen LogP contribution in [0.3, 0.4) is 0 Å². The first-order valence-corrected chi connectivity index (χ1v) is 10.4. The van der Waals surface area contributed by atoms with E-state index < -0.39 is 28.0 Å². The Morgan fingerprint density at radius 1 is 1.07 bits per heavy atom. The minimum atomic E-state index is -3.79. The Morgan fingerprint density at radius 2 is 1.73 bits per heavy atom. The van der Waals surface area contributed by atoms with Crippen LogP contribution >= 0.6 is 0 Å². The van der Waals surface area contributed by atoms with Crippen LogP contribution in [0.15, 0.2) is 53.6 Å². The molecule has 0 saturated carbocycles. The minimum absolute atomic E-state index is 0.0861. The van der Waals surface area contributed by atoms with E-state index in [0.717, 1.165) is 11.1 Å². The predicted molar refractivity (Wildman–Crippen MR) is 109 cm³/mol. The molecule has 10 heteroatoms. The van der Waals surface area contributed by atoms with E-state index >= 15 is 0 Å². The number of sulfonamides is 1. The molecule has 2 aromatic carbocycles. The topological polar surface area (TPSA) is 93.1 Å². The molecule has 0 atom stereocenters. The monoisotopic (exact) mass is 434 g/mol. The van der Waals surface area contributed by atoms with Crippen LogP contribution < -0.4 is 10.0 Å². The SMILES string of the molecule is Cc1ccc(S(=O)(=O)Nc2ccc(C(=O)Nc3cn(C)nc3C(F)F)cc2)cc1C. The molecule has 1 heterocycles. The number of hydrogen-bond donors (Lipinski definition) is 2. The zero-order valence-electron chi connectivity index (χ0n) is 16.5. The Labute approximate surface area is 172 Å². The second-order valence-electron chi connectivity index (χ2n) is 6.79. The van der Waals surface area contributed by atoms with E-state index in [-0.39, 0.29) is 21.8 Å². The quantitative estimate of drug-likeness (QED) is 0.613. The number of alkyl halides is 2. The van der Waals surface area contributed by atoms with Gasteiger partial charge in [0, 0.05) is 24.5 Å². The first kappa shape index (κ1) is 21.4. The van der Waals surface area contributed by atoms with Gasteiger partial charge in [-0.3, -0.25) is 14.2 Å². The summed E-state index contributed by atoms with van der Waals surface area (Å²) in [5.74, 6) is -0.617. The molecule has 0 aliphatic rings. The molecule has 158 valence electrons. The van der Waals surface area contributed by atoms with Gasteiger partial charge in [0.1, 0.15) is 0 Å². The first-order chi connectivity index (χ1) is 14.1. The van der Waals surface area contributed by atoms with Crippen molar-refractivity contribution in [2.24, 2.45) is 7.05 Å². The van der Waals surface area contributed by atoms with Gasteiger partial charge in [-0.05, 0) is 61.4 Å². The van der Waals surface area contributed by atoms with Crippen LogP contribution in [0.2, 0.25) is 0 Å². The maximum Gasteiger partial charge on any atom is 0.284 e. The number of amides is 1. The van der Waals surface area contributed by atoms with E-state index in [4.69, 9.17) is 0 Å². The fourth-order valence-corrected chi connectivity index (χ4v) is 3.89. The van der Waals surface area contributed by atoms with E-state index in [1.165, 1.54) is 48.3 Å². The highest BCUT2D eigenvalue weighted by atomic mass is 32.2. The van der Waals surface area contributed by atoms with Crippen molar-refractivity contribution >= 4 is 27.3 Å². The summed E-state index contributed by atoms with van der Waals surface area (Å²) in [5, 5.41) is 6.02. The van der Waals surface area contributed by atoms with Crippen LogP contribution in [0.1, 0.15) is 33.6 Å². The molecule has 0 spiro atoms. The van der Waals surface area contributed by atoms with Crippen molar-refractivity contribution in [2.75, 3.05) is 10.0 Å². The molecule has 30 heavy (non-hydrogen) atoms. The minimum Gasteiger partial charge on any atom is -0.319 e. The number of aromatic nitrogens is 2. The normalized spacial score (nSPS) is 11.5. The van der Waals surface area contributed by atoms with Crippen molar-refractivity contribution in [3.8, 4) is 0 Å². The van der Waals surface area contributed by atoms with Crippen molar-refractivity contribution in [3.63, 3.8) is 0 Å². The summed E-state index contributed by atoms with van der Waals surface area (Å²) in [6.07, 6.45) is -1.55. The fraction of sp³-hybridized carbons (Fsp3) is 0.200. The molecule has 0 bridgehead atoms. The fourth-order valence-electron chi connectivity index (χ4n) is 2.74. The number of nitrogens with one attached hydrogen (secondary N) is 2. The van der Waals surface area contributed by atoms with Crippen LogP contribution in [0.4, 0.5) is 20.2 Å². The highest BCUT2D eigenvalue weighted by Gasteiger charge is 2.20. The number of rotatable bonds is 6. The van der Waals surface area contributed by atoms with Crippen molar-refractivity contribution < 1.29 is 22.0 Å². The number of carbonyl (C=O) groups excluding carboxylic acids is 1. The summed E-state index contributed by atoms with van der Waals surface area (Å²) in [4.78, 5) is 12.5. The van der Waals surface area contributed by atoms with Gasteiger partial charge in [0.2, 0.25) is 0 Å². The van der Waals surface area contributed by atoms with Gasteiger partial charge < -0.3 is 5.32 Å². The molecule has 3 aromatic rings. The van der Waals surface area contributed by atoms with Gasteiger partial charge in [-0.1, -0.05) is 6.07 Å². The second kappa shape index (κ2) is 8.23. The molecule has 7 nitrogen and oxygen atoms in total. The molecule has 2 N–H and O–H groups in total. The molecule has 0 aliphatic carbocycles. The van der Waals surface area contributed by atoms with Crippen LogP contribution in [-0.4, -0.2) is 24.1 Å². The highest BCUT2D eigenvalue weighted by Crippen LogP contribution is 2.26. The number of aryl methyl sites for hydroxylation is 3. The molecule has 1 aromatic heterocycles. The number of nitrogens with zero attached hydrogens (tertiary/aromatic N) is 2. The molecule has 3 rings (SSSR count). The van der Waals surface area contributed by atoms with E-state index in [1.807, 2.05) is 13.8 Å². The summed E-state index contributed by atoms with van der Waals surface area (Å²) in [7, 11) is -2.32. The van der Waals surface area contributed by atoms with E-state index in [0.29, 0.717) is 0 Å². The van der Waals surface area contributed by atoms with Crippen LogP contribution in [0.25, 0.3) is 0 Å². The summed E-state index contributed by atoms with van der Waals surface area (Å²) in [5.41, 5.74) is 1.66. The Hall–Kier alpha value is -3.27. The molecular formula is C20H20F2N4O3S. The van der Waals surface area contributed by atoms with Gasteiger partial charge in [-0.2, -0.15) is 5.10 Å². The molecule has 0 saturated heterocycles. The first-order valence-electron chi connectivity index (χ1n) is 8.90. The largest absolute Gasteiger partial charge is 0.319 e. The van der Waals surface area contributed by atoms with Gasteiger partial charge in [-0.15, -0.1) is 0 Å². The Balaban J connectivity index is 1.74. The molecule has 0 radical (unpaired) electrons. The predicted octanol–water partition coefficient (Wildman–Crippen LogP) is 4.03. The number of hydrogen-bond acceptors (Lipinski definition) is 4. The maximum atomic E-state index is 13.0. The standard InChI is InChI=1S/C20H20F2N4O3S/c1-12-4-9-16(10-13(12)2)30(28,29)25-15-7-5-14(6-8-15)20(27)23-17-11-26(3)24-18(17)19(21)22/h4-11,19,25H,1-3H3,(H,23,27). The molecular weight excluding hydrogens is 414 g/mol. The lowest BCUT2D eigenvalue weighted by Gasteiger charge is -2.10. The number of carbonyl (C=O) groups is 1. The third kappa shape index (κ3) is 4.65. The average molecular weight is 434 g/mol.